The third-order valence-corrected chi connectivity index (χ3v) is 3.77. The zero-order valence-corrected chi connectivity index (χ0v) is 13.5. The number of fused-ring (bicyclic) bond motifs is 1. The maximum Gasteiger partial charge on any atom is 0.295 e. The first-order chi connectivity index (χ1) is 11.5. The molecular weight excluding hydrogens is 380 g/mol. The van der Waals surface area contributed by atoms with Gasteiger partial charge in [0.05, 0.1) is 10.4 Å². The lowest BCUT2D eigenvalue weighted by Gasteiger charge is -1.95. The summed E-state index contributed by atoms with van der Waals surface area (Å²) in [6, 6.07) is 10.3. The van der Waals surface area contributed by atoms with Crippen molar-refractivity contribution in [2.75, 3.05) is 0 Å². The topological polar surface area (TPSA) is 121 Å². The summed E-state index contributed by atoms with van der Waals surface area (Å²) in [7, 11) is 0. The lowest BCUT2D eigenvalue weighted by Crippen LogP contribution is -1.94. The molecule has 9 heteroatoms. The molecule has 1 heterocycles. The predicted octanol–water partition coefficient (Wildman–Crippen LogP) is 4.47. The minimum atomic E-state index is -0.673. The lowest BCUT2D eigenvalue weighted by molar-refractivity contribution is -0.384. The highest BCUT2D eigenvalue weighted by Crippen LogP contribution is 2.36. The molecule has 0 bridgehead atoms. The van der Waals surface area contributed by atoms with Gasteiger partial charge in [0, 0.05) is 27.6 Å². The molecule has 0 fully saturated rings. The fourth-order valence-electron chi connectivity index (χ4n) is 2.12. The van der Waals surface area contributed by atoms with Crippen molar-refractivity contribution < 1.29 is 14.8 Å². The van der Waals surface area contributed by atoms with E-state index in [1.165, 1.54) is 24.3 Å². The van der Waals surface area contributed by atoms with Gasteiger partial charge in [-0.2, -0.15) is 0 Å². The zero-order valence-electron chi connectivity index (χ0n) is 11.9. The van der Waals surface area contributed by atoms with E-state index >= 15 is 0 Å². The standard InChI is InChI=1S/C15H9BrN4O4/c16-9-3-6-12-11(7-9)13(15(22)17-12)18-19-14(21)8-1-4-10(5-2-8)20(23)24/h1-7,17,22H. The molecule has 1 amide bonds. The van der Waals surface area contributed by atoms with Gasteiger partial charge in [0.25, 0.3) is 11.6 Å². The number of azo groups is 1. The summed E-state index contributed by atoms with van der Waals surface area (Å²) in [5.74, 6) is -0.878. The van der Waals surface area contributed by atoms with Gasteiger partial charge in [-0.25, -0.2) is 0 Å². The molecule has 0 aliphatic carbocycles. The minimum Gasteiger partial charge on any atom is -0.493 e. The fraction of sp³-hybridized carbons (Fsp3) is 0. The van der Waals surface area contributed by atoms with Crippen molar-refractivity contribution in [3.8, 4) is 5.88 Å². The van der Waals surface area contributed by atoms with Gasteiger partial charge < -0.3 is 10.1 Å². The summed E-state index contributed by atoms with van der Waals surface area (Å²) in [5, 5.41) is 28.5. The second-order valence-corrected chi connectivity index (χ2v) is 5.74. The maximum absolute atomic E-state index is 12.0. The monoisotopic (exact) mass is 388 g/mol. The SMILES string of the molecule is O=C(N=Nc1c(O)[nH]c2ccc(Br)cc12)c1ccc([N+](=O)[O-])cc1. The van der Waals surface area contributed by atoms with E-state index in [0.29, 0.717) is 10.9 Å². The molecule has 2 aromatic carbocycles. The fourth-order valence-corrected chi connectivity index (χ4v) is 2.48. The summed E-state index contributed by atoms with van der Waals surface area (Å²) < 4.78 is 0.784. The highest BCUT2D eigenvalue weighted by Gasteiger charge is 2.13. The number of nitrogens with one attached hydrogen (secondary N) is 1. The molecular formula is C15H9BrN4O4. The Morgan fingerprint density at radius 1 is 1.21 bits per heavy atom. The van der Waals surface area contributed by atoms with Crippen LogP contribution in [0.15, 0.2) is 57.2 Å². The van der Waals surface area contributed by atoms with Crippen LogP contribution < -0.4 is 0 Å². The van der Waals surface area contributed by atoms with E-state index in [-0.39, 0.29) is 22.8 Å². The number of hydrogen-bond acceptors (Lipinski definition) is 5. The van der Waals surface area contributed by atoms with Crippen LogP contribution in [0.4, 0.5) is 11.4 Å². The number of nitro benzene ring substituents is 1. The Labute approximate surface area is 143 Å². The van der Waals surface area contributed by atoms with Crippen molar-refractivity contribution in [1.82, 2.24) is 4.98 Å². The van der Waals surface area contributed by atoms with E-state index in [0.717, 1.165) is 4.47 Å². The minimum absolute atomic E-state index is 0.123. The summed E-state index contributed by atoms with van der Waals surface area (Å²) in [6.07, 6.45) is 0. The molecule has 3 aromatic rings. The normalized spacial score (nSPS) is 11.2. The number of carbonyl (C=O) groups excluding carboxylic acids is 1. The summed E-state index contributed by atoms with van der Waals surface area (Å²) >= 11 is 3.32. The number of aromatic nitrogens is 1. The van der Waals surface area contributed by atoms with Crippen LogP contribution in [0.1, 0.15) is 10.4 Å². The Bertz CT molecular complexity index is 979. The molecule has 24 heavy (non-hydrogen) atoms. The van der Waals surface area contributed by atoms with Gasteiger partial charge in [-0.05, 0) is 30.3 Å². The van der Waals surface area contributed by atoms with Crippen molar-refractivity contribution in [2.24, 2.45) is 10.2 Å². The summed E-state index contributed by atoms with van der Waals surface area (Å²) in [6.45, 7) is 0. The molecule has 0 aliphatic heterocycles. The largest absolute Gasteiger partial charge is 0.493 e. The average Bonchev–Trinajstić information content (AvgIpc) is 2.87. The number of non-ortho nitro benzene ring substituents is 1. The molecule has 3 rings (SSSR count). The van der Waals surface area contributed by atoms with Crippen molar-refractivity contribution in [1.29, 1.82) is 0 Å². The van der Waals surface area contributed by atoms with E-state index in [1.54, 1.807) is 18.2 Å². The van der Waals surface area contributed by atoms with Gasteiger partial charge in [-0.15, -0.1) is 10.2 Å². The first-order valence-corrected chi connectivity index (χ1v) is 7.46. The van der Waals surface area contributed by atoms with Gasteiger partial charge >= 0.3 is 0 Å². The number of nitrogens with zero attached hydrogens (tertiary/aromatic N) is 3. The number of carbonyl (C=O) groups is 1. The van der Waals surface area contributed by atoms with Gasteiger partial charge in [0.15, 0.2) is 5.69 Å². The van der Waals surface area contributed by atoms with Gasteiger partial charge in [0.2, 0.25) is 5.88 Å². The van der Waals surface area contributed by atoms with Gasteiger partial charge in [-0.1, -0.05) is 15.9 Å². The second-order valence-electron chi connectivity index (χ2n) is 4.82. The number of benzene rings is 2. The Morgan fingerprint density at radius 2 is 1.92 bits per heavy atom. The number of rotatable bonds is 3. The van der Waals surface area contributed by atoms with Crippen LogP contribution in [0.2, 0.25) is 0 Å². The molecule has 0 spiro atoms. The first kappa shape index (κ1) is 15.8. The molecule has 0 aliphatic rings. The van der Waals surface area contributed by atoms with Crippen LogP contribution in [-0.2, 0) is 0 Å². The number of aromatic hydroxyl groups is 1. The second kappa shape index (κ2) is 6.20. The molecule has 0 saturated heterocycles. The van der Waals surface area contributed by atoms with Crippen LogP contribution in [-0.4, -0.2) is 20.9 Å². The molecule has 8 nitrogen and oxygen atoms in total. The third-order valence-electron chi connectivity index (χ3n) is 3.28. The Morgan fingerprint density at radius 3 is 2.58 bits per heavy atom. The predicted molar refractivity (Wildman–Crippen MR) is 89.6 cm³/mol. The lowest BCUT2D eigenvalue weighted by atomic mass is 10.2. The quantitative estimate of drug-likeness (QED) is 0.390. The number of H-pyrrole nitrogens is 1. The van der Waals surface area contributed by atoms with E-state index in [9.17, 15) is 20.0 Å². The van der Waals surface area contributed by atoms with Crippen LogP contribution in [0, 0.1) is 10.1 Å². The molecule has 0 unspecified atom stereocenters. The Hall–Kier alpha value is -3.07. The van der Waals surface area contributed by atoms with Crippen molar-refractivity contribution >= 4 is 44.1 Å². The summed E-state index contributed by atoms with van der Waals surface area (Å²) in [5.41, 5.74) is 0.821. The molecule has 0 radical (unpaired) electrons. The Balaban J connectivity index is 1.90. The van der Waals surface area contributed by atoms with Crippen LogP contribution in [0.3, 0.4) is 0 Å². The number of amides is 1. The average molecular weight is 389 g/mol. The van der Waals surface area contributed by atoms with E-state index in [1.807, 2.05) is 0 Å². The zero-order chi connectivity index (χ0) is 17.3. The smallest absolute Gasteiger partial charge is 0.295 e. The van der Waals surface area contributed by atoms with Crippen LogP contribution >= 0.6 is 15.9 Å². The molecule has 0 saturated carbocycles. The van der Waals surface area contributed by atoms with Crippen molar-refractivity contribution in [3.63, 3.8) is 0 Å². The van der Waals surface area contributed by atoms with Gasteiger partial charge in [0.1, 0.15) is 0 Å². The highest BCUT2D eigenvalue weighted by molar-refractivity contribution is 9.10. The van der Waals surface area contributed by atoms with E-state index in [4.69, 9.17) is 0 Å². The molecule has 120 valence electrons. The molecule has 1 aromatic heterocycles. The van der Waals surface area contributed by atoms with Crippen LogP contribution in [0.5, 0.6) is 5.88 Å². The number of hydrogen-bond donors (Lipinski definition) is 2. The number of aromatic amines is 1. The molecule has 2 N–H and O–H groups in total. The first-order valence-electron chi connectivity index (χ1n) is 6.66. The van der Waals surface area contributed by atoms with Crippen molar-refractivity contribution in [2.45, 2.75) is 0 Å². The van der Waals surface area contributed by atoms with Crippen molar-refractivity contribution in [3.05, 3.63) is 62.6 Å². The third kappa shape index (κ3) is 3.01. The highest BCUT2D eigenvalue weighted by atomic mass is 79.9. The number of nitro groups is 1. The maximum atomic E-state index is 12.0. The Kier molecular flexibility index (Phi) is 4.09. The van der Waals surface area contributed by atoms with Crippen LogP contribution in [0.25, 0.3) is 10.9 Å². The van der Waals surface area contributed by atoms with Gasteiger partial charge in [-0.3, -0.25) is 14.9 Å². The number of halogens is 1. The van der Waals surface area contributed by atoms with E-state index < -0.39 is 10.8 Å². The molecule has 0 atom stereocenters. The van der Waals surface area contributed by atoms with E-state index in [2.05, 4.69) is 31.1 Å². The summed E-state index contributed by atoms with van der Waals surface area (Å²) in [4.78, 5) is 24.8.